The van der Waals surface area contributed by atoms with Gasteiger partial charge in [0.05, 0.1) is 0 Å². The molecule has 0 aromatic carbocycles. The lowest BCUT2D eigenvalue weighted by molar-refractivity contribution is 0.425. The van der Waals surface area contributed by atoms with Gasteiger partial charge in [0.1, 0.15) is 0 Å². The van der Waals surface area contributed by atoms with E-state index in [1.165, 1.54) is 5.56 Å². The Hall–Kier alpha value is -1.36. The van der Waals surface area contributed by atoms with Crippen molar-refractivity contribution in [2.45, 2.75) is 13.3 Å². The Bertz CT molecular complexity index is 382. The van der Waals surface area contributed by atoms with Gasteiger partial charge in [0, 0.05) is 6.54 Å². The molecule has 14 heavy (non-hydrogen) atoms. The predicted molar refractivity (Wildman–Crippen MR) is 55.5 cm³/mol. The third-order valence-corrected chi connectivity index (χ3v) is 2.53. The summed E-state index contributed by atoms with van der Waals surface area (Å²) in [7, 11) is 0. The van der Waals surface area contributed by atoms with Crippen LogP contribution in [0.4, 0.5) is 6.01 Å². The van der Waals surface area contributed by atoms with Gasteiger partial charge >= 0.3 is 6.01 Å². The second kappa shape index (κ2) is 4.23. The van der Waals surface area contributed by atoms with E-state index >= 15 is 0 Å². The summed E-state index contributed by atoms with van der Waals surface area (Å²) in [6, 6.07) is 2.61. The zero-order chi connectivity index (χ0) is 9.80. The number of rotatable bonds is 4. The highest BCUT2D eigenvalue weighted by atomic mass is 32.1. The van der Waals surface area contributed by atoms with Crippen molar-refractivity contribution >= 4 is 17.4 Å². The van der Waals surface area contributed by atoms with Crippen LogP contribution in [0.5, 0.6) is 0 Å². The summed E-state index contributed by atoms with van der Waals surface area (Å²) in [5.74, 6) is 0.656. The Balaban J connectivity index is 1.78. The molecule has 0 saturated carbocycles. The van der Waals surface area contributed by atoms with Gasteiger partial charge in [-0.2, -0.15) is 16.3 Å². The number of hydrogen-bond donors (Lipinski definition) is 1. The molecule has 0 atom stereocenters. The molecule has 0 aliphatic heterocycles. The van der Waals surface area contributed by atoms with Crippen LogP contribution in [0.1, 0.15) is 11.4 Å². The molecule has 0 unspecified atom stereocenters. The summed E-state index contributed by atoms with van der Waals surface area (Å²) < 4.78 is 4.91. The molecule has 0 aliphatic carbocycles. The number of thiophene rings is 1. The number of aryl methyl sites for hydroxylation is 1. The SMILES string of the molecule is Cc1noc(NCCc2ccsc2)n1. The van der Waals surface area contributed by atoms with Gasteiger partial charge in [-0.3, -0.25) is 0 Å². The summed E-state index contributed by atoms with van der Waals surface area (Å²) in [4.78, 5) is 4.04. The summed E-state index contributed by atoms with van der Waals surface area (Å²) in [5, 5.41) is 11.0. The topological polar surface area (TPSA) is 51.0 Å². The molecule has 2 aromatic heterocycles. The lowest BCUT2D eigenvalue weighted by Crippen LogP contribution is -2.04. The third kappa shape index (κ3) is 2.32. The number of anilines is 1. The molecule has 2 rings (SSSR count). The van der Waals surface area contributed by atoms with Crippen LogP contribution in [-0.2, 0) is 6.42 Å². The predicted octanol–water partition coefficient (Wildman–Crippen LogP) is 2.09. The highest BCUT2D eigenvalue weighted by Crippen LogP contribution is 2.07. The van der Waals surface area contributed by atoms with Gasteiger partial charge in [0.15, 0.2) is 5.82 Å². The maximum Gasteiger partial charge on any atom is 0.321 e. The van der Waals surface area contributed by atoms with E-state index in [-0.39, 0.29) is 0 Å². The minimum Gasteiger partial charge on any atom is -0.337 e. The highest BCUT2D eigenvalue weighted by Gasteiger charge is 2.00. The van der Waals surface area contributed by atoms with Crippen molar-refractivity contribution in [3.05, 3.63) is 28.2 Å². The fourth-order valence-corrected chi connectivity index (χ4v) is 1.82. The fraction of sp³-hybridized carbons (Fsp3) is 0.333. The number of nitrogens with zero attached hydrogens (tertiary/aromatic N) is 2. The van der Waals surface area contributed by atoms with E-state index in [2.05, 4.69) is 32.3 Å². The first-order valence-corrected chi connectivity index (χ1v) is 5.34. The van der Waals surface area contributed by atoms with E-state index in [1.807, 2.05) is 0 Å². The van der Waals surface area contributed by atoms with Crippen LogP contribution in [0.2, 0.25) is 0 Å². The molecular weight excluding hydrogens is 198 g/mol. The van der Waals surface area contributed by atoms with Crippen LogP contribution in [0, 0.1) is 6.92 Å². The van der Waals surface area contributed by atoms with Crippen LogP contribution in [0.3, 0.4) is 0 Å². The lowest BCUT2D eigenvalue weighted by atomic mass is 10.2. The monoisotopic (exact) mass is 209 g/mol. The molecule has 0 aliphatic rings. The third-order valence-electron chi connectivity index (χ3n) is 1.80. The van der Waals surface area contributed by atoms with E-state index in [0.29, 0.717) is 11.8 Å². The molecule has 0 saturated heterocycles. The Morgan fingerprint density at radius 2 is 2.50 bits per heavy atom. The van der Waals surface area contributed by atoms with Crippen LogP contribution in [0.15, 0.2) is 21.3 Å². The molecule has 1 N–H and O–H groups in total. The zero-order valence-electron chi connectivity index (χ0n) is 7.86. The van der Waals surface area contributed by atoms with E-state index in [4.69, 9.17) is 4.52 Å². The quantitative estimate of drug-likeness (QED) is 0.837. The molecule has 0 bridgehead atoms. The van der Waals surface area contributed by atoms with E-state index in [1.54, 1.807) is 18.3 Å². The molecular formula is C9H11N3OS. The average molecular weight is 209 g/mol. The van der Waals surface area contributed by atoms with Gasteiger partial charge in [0.25, 0.3) is 0 Å². The first-order valence-electron chi connectivity index (χ1n) is 4.40. The second-order valence-corrected chi connectivity index (χ2v) is 3.74. The first kappa shape index (κ1) is 9.21. The Labute approximate surface area is 86.0 Å². The zero-order valence-corrected chi connectivity index (χ0v) is 8.67. The summed E-state index contributed by atoms with van der Waals surface area (Å²) in [5.41, 5.74) is 1.33. The van der Waals surface area contributed by atoms with Crippen molar-refractivity contribution in [2.75, 3.05) is 11.9 Å². The van der Waals surface area contributed by atoms with E-state index < -0.39 is 0 Å². The Kier molecular flexibility index (Phi) is 2.78. The fourth-order valence-electron chi connectivity index (χ4n) is 1.12. The number of nitrogens with one attached hydrogen (secondary N) is 1. The Morgan fingerprint density at radius 1 is 1.57 bits per heavy atom. The van der Waals surface area contributed by atoms with Gasteiger partial charge in [-0.15, -0.1) is 0 Å². The van der Waals surface area contributed by atoms with Crippen LogP contribution in [-0.4, -0.2) is 16.7 Å². The summed E-state index contributed by atoms with van der Waals surface area (Å²) in [6.07, 6.45) is 0.977. The summed E-state index contributed by atoms with van der Waals surface area (Å²) in [6.45, 7) is 2.62. The van der Waals surface area contributed by atoms with Gasteiger partial charge in [-0.1, -0.05) is 5.16 Å². The van der Waals surface area contributed by atoms with Crippen LogP contribution >= 0.6 is 11.3 Å². The van der Waals surface area contributed by atoms with Gasteiger partial charge in [-0.25, -0.2) is 0 Å². The molecule has 5 heteroatoms. The molecule has 0 radical (unpaired) electrons. The molecule has 4 nitrogen and oxygen atoms in total. The molecule has 0 fully saturated rings. The van der Waals surface area contributed by atoms with Crippen molar-refractivity contribution < 1.29 is 4.52 Å². The van der Waals surface area contributed by atoms with Crippen molar-refractivity contribution in [2.24, 2.45) is 0 Å². The maximum atomic E-state index is 4.91. The number of aromatic nitrogens is 2. The van der Waals surface area contributed by atoms with Crippen LogP contribution in [0.25, 0.3) is 0 Å². The standard InChI is InChI=1S/C9H11N3OS/c1-7-11-9(13-12-7)10-4-2-8-3-5-14-6-8/h3,5-6H,2,4H2,1H3,(H,10,11,12). The Morgan fingerprint density at radius 3 is 3.14 bits per heavy atom. The summed E-state index contributed by atoms with van der Waals surface area (Å²) >= 11 is 1.71. The van der Waals surface area contributed by atoms with Crippen LogP contribution < -0.4 is 5.32 Å². The lowest BCUT2D eigenvalue weighted by Gasteiger charge is -1.97. The van der Waals surface area contributed by atoms with E-state index in [9.17, 15) is 0 Å². The molecule has 2 aromatic rings. The van der Waals surface area contributed by atoms with Gasteiger partial charge in [0.2, 0.25) is 0 Å². The largest absolute Gasteiger partial charge is 0.337 e. The van der Waals surface area contributed by atoms with Gasteiger partial charge in [-0.05, 0) is 35.7 Å². The normalized spacial score (nSPS) is 10.4. The molecule has 0 spiro atoms. The van der Waals surface area contributed by atoms with Crippen molar-refractivity contribution in [3.8, 4) is 0 Å². The van der Waals surface area contributed by atoms with E-state index in [0.717, 1.165) is 13.0 Å². The minimum atomic E-state index is 0.498. The van der Waals surface area contributed by atoms with Crippen molar-refractivity contribution in [1.29, 1.82) is 0 Å². The minimum absolute atomic E-state index is 0.498. The smallest absolute Gasteiger partial charge is 0.321 e. The molecule has 74 valence electrons. The number of hydrogen-bond acceptors (Lipinski definition) is 5. The van der Waals surface area contributed by atoms with Crippen molar-refractivity contribution in [3.63, 3.8) is 0 Å². The molecule has 0 amide bonds. The highest BCUT2D eigenvalue weighted by molar-refractivity contribution is 7.07. The van der Waals surface area contributed by atoms with Gasteiger partial charge < -0.3 is 9.84 Å². The second-order valence-electron chi connectivity index (χ2n) is 2.96. The first-order chi connectivity index (χ1) is 6.84. The maximum absolute atomic E-state index is 4.91. The van der Waals surface area contributed by atoms with Crippen molar-refractivity contribution in [1.82, 2.24) is 10.1 Å². The molecule has 2 heterocycles. The average Bonchev–Trinajstić information content (AvgIpc) is 2.77.